The molecule has 1 saturated heterocycles. The smallest absolute Gasteiger partial charge is 0.00978 e. The van der Waals surface area contributed by atoms with E-state index in [2.05, 4.69) is 32.6 Å². The van der Waals surface area contributed by atoms with Gasteiger partial charge in [0.25, 0.3) is 0 Å². The first-order valence-electron chi connectivity index (χ1n) is 6.61. The van der Waals surface area contributed by atoms with Gasteiger partial charge in [-0.25, -0.2) is 0 Å². The summed E-state index contributed by atoms with van der Waals surface area (Å²) in [5, 5.41) is 0. The maximum Gasteiger partial charge on any atom is 0.00978 e. The quantitative estimate of drug-likeness (QED) is 0.776. The van der Waals surface area contributed by atoms with Crippen LogP contribution in [0.5, 0.6) is 0 Å². The number of rotatable bonds is 4. The molecule has 15 heavy (non-hydrogen) atoms. The van der Waals surface area contributed by atoms with E-state index in [-0.39, 0.29) is 0 Å². The van der Waals surface area contributed by atoms with Gasteiger partial charge in [-0.1, -0.05) is 26.7 Å². The Kier molecular flexibility index (Phi) is 5.07. The lowest BCUT2D eigenvalue weighted by molar-refractivity contribution is 0.0692. The molecule has 2 heteroatoms. The first kappa shape index (κ1) is 13.0. The van der Waals surface area contributed by atoms with Crippen LogP contribution in [-0.2, 0) is 0 Å². The highest BCUT2D eigenvalue weighted by molar-refractivity contribution is 4.85. The van der Waals surface area contributed by atoms with Crippen LogP contribution < -0.4 is 5.73 Å². The lowest BCUT2D eigenvalue weighted by Gasteiger charge is -2.43. The zero-order valence-corrected chi connectivity index (χ0v) is 10.9. The molecule has 3 atom stereocenters. The van der Waals surface area contributed by atoms with E-state index in [1.807, 2.05) is 0 Å². The standard InChI is InChI=1S/C13H28N2/c1-5-12(6-2)11(4)15-8-7-13(14)9-10(15)3/h10-13H,5-9,14H2,1-4H3. The van der Waals surface area contributed by atoms with Crippen LogP contribution in [0.15, 0.2) is 0 Å². The van der Waals surface area contributed by atoms with Crippen molar-refractivity contribution in [3.63, 3.8) is 0 Å². The first-order chi connectivity index (χ1) is 7.10. The second-order valence-corrected chi connectivity index (χ2v) is 5.19. The van der Waals surface area contributed by atoms with Crippen molar-refractivity contribution in [2.75, 3.05) is 6.54 Å². The molecule has 0 aromatic rings. The normalized spacial score (nSPS) is 30.8. The van der Waals surface area contributed by atoms with Gasteiger partial charge < -0.3 is 5.73 Å². The van der Waals surface area contributed by atoms with Crippen molar-refractivity contribution < 1.29 is 0 Å². The molecule has 0 bridgehead atoms. The summed E-state index contributed by atoms with van der Waals surface area (Å²) in [7, 11) is 0. The molecule has 0 spiro atoms. The van der Waals surface area contributed by atoms with Crippen LogP contribution in [0.2, 0.25) is 0 Å². The molecule has 1 rings (SSSR count). The van der Waals surface area contributed by atoms with Crippen LogP contribution >= 0.6 is 0 Å². The molecule has 1 aliphatic heterocycles. The van der Waals surface area contributed by atoms with Gasteiger partial charge in [-0.3, -0.25) is 4.90 Å². The van der Waals surface area contributed by atoms with E-state index in [0.717, 1.165) is 12.0 Å². The van der Waals surface area contributed by atoms with Gasteiger partial charge in [-0.2, -0.15) is 0 Å². The van der Waals surface area contributed by atoms with Crippen molar-refractivity contribution in [2.24, 2.45) is 11.7 Å². The highest BCUT2D eigenvalue weighted by Crippen LogP contribution is 2.25. The zero-order chi connectivity index (χ0) is 11.4. The van der Waals surface area contributed by atoms with Gasteiger partial charge in [0.15, 0.2) is 0 Å². The maximum atomic E-state index is 6.00. The Morgan fingerprint density at radius 1 is 1.33 bits per heavy atom. The number of nitrogens with zero attached hydrogens (tertiary/aromatic N) is 1. The van der Waals surface area contributed by atoms with Crippen molar-refractivity contribution >= 4 is 0 Å². The minimum atomic E-state index is 0.435. The van der Waals surface area contributed by atoms with Crippen molar-refractivity contribution in [1.29, 1.82) is 0 Å². The fourth-order valence-corrected chi connectivity index (χ4v) is 3.07. The Morgan fingerprint density at radius 3 is 2.40 bits per heavy atom. The number of nitrogens with two attached hydrogens (primary N) is 1. The Hall–Kier alpha value is -0.0800. The summed E-state index contributed by atoms with van der Waals surface area (Å²) in [4.78, 5) is 2.67. The summed E-state index contributed by atoms with van der Waals surface area (Å²) in [5.74, 6) is 0.849. The molecule has 0 aromatic heterocycles. The topological polar surface area (TPSA) is 29.3 Å². The number of hydrogen-bond acceptors (Lipinski definition) is 2. The van der Waals surface area contributed by atoms with Crippen LogP contribution in [-0.4, -0.2) is 29.6 Å². The molecule has 1 aliphatic rings. The van der Waals surface area contributed by atoms with Crippen LogP contribution in [0.1, 0.15) is 53.4 Å². The summed E-state index contributed by atoms with van der Waals surface area (Å²) >= 11 is 0. The minimum Gasteiger partial charge on any atom is -0.328 e. The Morgan fingerprint density at radius 2 is 1.93 bits per heavy atom. The Balaban J connectivity index is 2.54. The summed E-state index contributed by atoms with van der Waals surface area (Å²) in [6, 6.07) is 1.83. The van der Waals surface area contributed by atoms with E-state index in [9.17, 15) is 0 Å². The molecule has 0 radical (unpaired) electrons. The van der Waals surface area contributed by atoms with Crippen LogP contribution in [0.3, 0.4) is 0 Å². The second kappa shape index (κ2) is 5.86. The SMILES string of the molecule is CCC(CC)C(C)N1CCC(N)CC1C. The first-order valence-corrected chi connectivity index (χ1v) is 6.61. The third-order valence-electron chi connectivity index (χ3n) is 4.22. The van der Waals surface area contributed by atoms with Crippen molar-refractivity contribution in [2.45, 2.75) is 71.5 Å². The van der Waals surface area contributed by atoms with Gasteiger partial charge in [0.2, 0.25) is 0 Å². The number of likely N-dealkylation sites (tertiary alicyclic amines) is 1. The molecule has 0 aliphatic carbocycles. The molecule has 3 unspecified atom stereocenters. The molecule has 0 saturated carbocycles. The molecular weight excluding hydrogens is 184 g/mol. The van der Waals surface area contributed by atoms with Gasteiger partial charge in [-0.05, 0) is 32.6 Å². The van der Waals surface area contributed by atoms with Crippen molar-refractivity contribution in [3.05, 3.63) is 0 Å². The molecule has 0 amide bonds. The minimum absolute atomic E-state index is 0.435. The molecule has 0 aromatic carbocycles. The van der Waals surface area contributed by atoms with E-state index in [0.29, 0.717) is 12.1 Å². The third kappa shape index (κ3) is 3.18. The lowest BCUT2D eigenvalue weighted by atomic mass is 9.89. The van der Waals surface area contributed by atoms with Gasteiger partial charge in [-0.15, -0.1) is 0 Å². The monoisotopic (exact) mass is 212 g/mol. The van der Waals surface area contributed by atoms with Gasteiger partial charge in [0.05, 0.1) is 0 Å². The zero-order valence-electron chi connectivity index (χ0n) is 10.9. The van der Waals surface area contributed by atoms with Crippen LogP contribution in [0.4, 0.5) is 0 Å². The van der Waals surface area contributed by atoms with Crippen molar-refractivity contribution in [3.8, 4) is 0 Å². The van der Waals surface area contributed by atoms with E-state index in [1.165, 1.54) is 32.2 Å². The van der Waals surface area contributed by atoms with Crippen molar-refractivity contribution in [1.82, 2.24) is 4.90 Å². The molecule has 1 fully saturated rings. The average Bonchev–Trinajstić information content (AvgIpc) is 2.19. The summed E-state index contributed by atoms with van der Waals surface area (Å²) in [6.45, 7) is 10.5. The van der Waals surface area contributed by atoms with Crippen LogP contribution in [0, 0.1) is 5.92 Å². The highest BCUT2D eigenvalue weighted by Gasteiger charge is 2.29. The predicted octanol–water partition coefficient (Wildman–Crippen LogP) is 2.62. The number of piperidine rings is 1. The Labute approximate surface area is 95.2 Å². The molecular formula is C13H28N2. The number of hydrogen-bond donors (Lipinski definition) is 1. The van der Waals surface area contributed by atoms with E-state index < -0.39 is 0 Å². The summed E-state index contributed by atoms with van der Waals surface area (Å²) in [5.41, 5.74) is 6.00. The van der Waals surface area contributed by atoms with Crippen LogP contribution in [0.25, 0.3) is 0 Å². The van der Waals surface area contributed by atoms with Gasteiger partial charge in [0, 0.05) is 24.7 Å². The van der Waals surface area contributed by atoms with E-state index in [4.69, 9.17) is 5.73 Å². The average molecular weight is 212 g/mol. The van der Waals surface area contributed by atoms with E-state index in [1.54, 1.807) is 0 Å². The Bertz CT molecular complexity index is 177. The second-order valence-electron chi connectivity index (χ2n) is 5.19. The fraction of sp³-hybridized carbons (Fsp3) is 1.00. The van der Waals surface area contributed by atoms with Gasteiger partial charge in [0.1, 0.15) is 0 Å². The summed E-state index contributed by atoms with van der Waals surface area (Å²) in [6.07, 6.45) is 4.94. The largest absolute Gasteiger partial charge is 0.328 e. The highest BCUT2D eigenvalue weighted by atomic mass is 15.2. The third-order valence-corrected chi connectivity index (χ3v) is 4.22. The molecule has 2 nitrogen and oxygen atoms in total. The van der Waals surface area contributed by atoms with Gasteiger partial charge >= 0.3 is 0 Å². The lowest BCUT2D eigenvalue weighted by Crippen LogP contribution is -2.51. The fourth-order valence-electron chi connectivity index (χ4n) is 3.07. The molecule has 2 N–H and O–H groups in total. The molecule has 90 valence electrons. The maximum absolute atomic E-state index is 6.00. The summed E-state index contributed by atoms with van der Waals surface area (Å²) < 4.78 is 0. The predicted molar refractivity (Wildman–Crippen MR) is 66.9 cm³/mol. The molecule has 1 heterocycles. The van der Waals surface area contributed by atoms with E-state index >= 15 is 0 Å².